The van der Waals surface area contributed by atoms with Gasteiger partial charge in [-0.25, -0.2) is 4.79 Å². The minimum atomic E-state index is -0.883. The van der Waals surface area contributed by atoms with E-state index in [9.17, 15) is 9.59 Å². The van der Waals surface area contributed by atoms with E-state index in [0.29, 0.717) is 6.54 Å². The second kappa shape index (κ2) is 4.65. The number of likely N-dealkylation sites (tertiary alicyclic amines) is 1. The van der Waals surface area contributed by atoms with Gasteiger partial charge in [0.15, 0.2) is 5.12 Å². The molecule has 1 heterocycles. The number of nitrogens with zero attached hydrogens (tertiary/aromatic N) is 1. The van der Waals surface area contributed by atoms with Crippen molar-refractivity contribution in [2.45, 2.75) is 45.4 Å². The summed E-state index contributed by atoms with van der Waals surface area (Å²) in [5.74, 6) is 0. The lowest BCUT2D eigenvalue weighted by atomic mass is 9.85. The van der Waals surface area contributed by atoms with Gasteiger partial charge in [0, 0.05) is 18.7 Å². The van der Waals surface area contributed by atoms with Gasteiger partial charge in [-0.05, 0) is 11.8 Å². The highest BCUT2D eigenvalue weighted by Crippen LogP contribution is 2.39. The van der Waals surface area contributed by atoms with Gasteiger partial charge in [-0.3, -0.25) is 4.79 Å². The molecule has 0 saturated carbocycles. The Bertz CT molecular complexity index is 298. The predicted octanol–water partition coefficient (Wildman–Crippen LogP) is 2.43. The molecule has 1 fully saturated rings. The standard InChI is InChI=1S/C11H19NO3S/c1-7(13)16-8-5-6-12(10(14)15)9(8)11(2,3)4/h8-9H,5-6H2,1-4H3,(H,14,15). The number of carbonyl (C=O) groups is 2. The van der Waals surface area contributed by atoms with Crippen LogP contribution >= 0.6 is 11.8 Å². The molecule has 1 rings (SSSR count). The number of hydrogen-bond donors (Lipinski definition) is 1. The maximum atomic E-state index is 11.1. The molecule has 1 aliphatic heterocycles. The highest BCUT2D eigenvalue weighted by Gasteiger charge is 2.44. The second-order valence-electron chi connectivity index (χ2n) is 5.22. The Morgan fingerprint density at radius 3 is 2.31 bits per heavy atom. The summed E-state index contributed by atoms with van der Waals surface area (Å²) in [7, 11) is 0. The van der Waals surface area contributed by atoms with E-state index in [1.54, 1.807) is 0 Å². The Hall–Kier alpha value is -0.710. The zero-order valence-corrected chi connectivity index (χ0v) is 11.0. The van der Waals surface area contributed by atoms with Crippen molar-refractivity contribution in [1.29, 1.82) is 0 Å². The molecule has 1 amide bonds. The number of carbonyl (C=O) groups excluding carboxylic acids is 1. The van der Waals surface area contributed by atoms with E-state index in [1.807, 2.05) is 20.8 Å². The first-order chi connectivity index (χ1) is 7.23. The van der Waals surface area contributed by atoms with Gasteiger partial charge in [0.05, 0.1) is 6.04 Å². The fourth-order valence-electron chi connectivity index (χ4n) is 2.34. The van der Waals surface area contributed by atoms with Crippen LogP contribution in [-0.2, 0) is 4.79 Å². The van der Waals surface area contributed by atoms with E-state index < -0.39 is 6.09 Å². The van der Waals surface area contributed by atoms with Gasteiger partial charge in [-0.1, -0.05) is 32.5 Å². The average Bonchev–Trinajstić information content (AvgIpc) is 2.45. The van der Waals surface area contributed by atoms with Gasteiger partial charge >= 0.3 is 6.09 Å². The lowest BCUT2D eigenvalue weighted by Crippen LogP contribution is -2.46. The van der Waals surface area contributed by atoms with E-state index in [1.165, 1.54) is 23.6 Å². The molecular weight excluding hydrogens is 226 g/mol. The van der Waals surface area contributed by atoms with Gasteiger partial charge in [-0.15, -0.1) is 0 Å². The Kier molecular flexibility index (Phi) is 3.88. The predicted molar refractivity (Wildman–Crippen MR) is 64.7 cm³/mol. The average molecular weight is 245 g/mol. The largest absolute Gasteiger partial charge is 0.465 e. The van der Waals surface area contributed by atoms with Crippen LogP contribution in [0.5, 0.6) is 0 Å². The summed E-state index contributed by atoms with van der Waals surface area (Å²) in [5, 5.41) is 9.28. The maximum absolute atomic E-state index is 11.1. The lowest BCUT2D eigenvalue weighted by molar-refractivity contribution is -0.109. The van der Waals surface area contributed by atoms with Crippen LogP contribution in [0.25, 0.3) is 0 Å². The van der Waals surface area contributed by atoms with E-state index in [4.69, 9.17) is 5.11 Å². The zero-order chi connectivity index (χ0) is 12.5. The van der Waals surface area contributed by atoms with Crippen molar-refractivity contribution in [2.75, 3.05) is 6.54 Å². The molecule has 1 aliphatic rings. The summed E-state index contributed by atoms with van der Waals surface area (Å²) < 4.78 is 0. The summed E-state index contributed by atoms with van der Waals surface area (Å²) in [6.07, 6.45) is -0.120. The van der Waals surface area contributed by atoms with Crippen LogP contribution in [0.4, 0.5) is 4.79 Å². The van der Waals surface area contributed by atoms with E-state index in [0.717, 1.165) is 6.42 Å². The topological polar surface area (TPSA) is 57.6 Å². The maximum Gasteiger partial charge on any atom is 0.407 e. The molecular formula is C11H19NO3S. The molecule has 4 nitrogen and oxygen atoms in total. The van der Waals surface area contributed by atoms with Crippen molar-refractivity contribution in [3.05, 3.63) is 0 Å². The van der Waals surface area contributed by atoms with Gasteiger partial charge in [0.1, 0.15) is 0 Å². The van der Waals surface area contributed by atoms with Crippen molar-refractivity contribution < 1.29 is 14.7 Å². The minimum absolute atomic E-state index is 0.0616. The van der Waals surface area contributed by atoms with Crippen LogP contribution in [0.2, 0.25) is 0 Å². The Balaban J connectivity index is 2.88. The summed E-state index contributed by atoms with van der Waals surface area (Å²) in [6.45, 7) is 8.13. The molecule has 0 aromatic heterocycles. The molecule has 1 saturated heterocycles. The van der Waals surface area contributed by atoms with Gasteiger partial charge in [0.25, 0.3) is 0 Å². The monoisotopic (exact) mass is 245 g/mol. The van der Waals surface area contributed by atoms with Gasteiger partial charge in [-0.2, -0.15) is 0 Å². The van der Waals surface area contributed by atoms with Crippen LogP contribution in [0.1, 0.15) is 34.1 Å². The van der Waals surface area contributed by atoms with E-state index in [2.05, 4.69) is 0 Å². The van der Waals surface area contributed by atoms with Crippen LogP contribution in [0.15, 0.2) is 0 Å². The fraction of sp³-hybridized carbons (Fsp3) is 0.818. The van der Waals surface area contributed by atoms with E-state index in [-0.39, 0.29) is 21.8 Å². The molecule has 0 aromatic rings. The molecule has 0 spiro atoms. The number of amides is 1. The minimum Gasteiger partial charge on any atom is -0.465 e. The van der Waals surface area contributed by atoms with Crippen molar-refractivity contribution in [1.82, 2.24) is 4.90 Å². The third-order valence-electron chi connectivity index (χ3n) is 2.79. The molecule has 0 radical (unpaired) electrons. The van der Waals surface area contributed by atoms with Crippen LogP contribution in [0.3, 0.4) is 0 Å². The van der Waals surface area contributed by atoms with E-state index >= 15 is 0 Å². The molecule has 1 N–H and O–H groups in total. The molecule has 0 aromatic carbocycles. The first kappa shape index (κ1) is 13.4. The number of rotatable bonds is 1. The highest BCUT2D eigenvalue weighted by atomic mass is 32.2. The van der Waals surface area contributed by atoms with Crippen LogP contribution in [0, 0.1) is 5.41 Å². The molecule has 0 aliphatic carbocycles. The second-order valence-corrected chi connectivity index (χ2v) is 6.64. The third kappa shape index (κ3) is 2.90. The van der Waals surface area contributed by atoms with Crippen LogP contribution in [-0.4, -0.2) is 39.1 Å². The smallest absolute Gasteiger partial charge is 0.407 e. The molecule has 16 heavy (non-hydrogen) atoms. The molecule has 2 atom stereocenters. The van der Waals surface area contributed by atoms with Crippen molar-refractivity contribution in [2.24, 2.45) is 5.41 Å². The van der Waals surface area contributed by atoms with Crippen molar-refractivity contribution in [3.8, 4) is 0 Å². The Morgan fingerprint density at radius 1 is 1.38 bits per heavy atom. The first-order valence-electron chi connectivity index (χ1n) is 5.40. The number of hydrogen-bond acceptors (Lipinski definition) is 3. The number of carboxylic acid groups (broad SMARTS) is 1. The molecule has 5 heteroatoms. The fourth-order valence-corrected chi connectivity index (χ4v) is 3.67. The number of thioether (sulfide) groups is 1. The summed E-state index contributed by atoms with van der Waals surface area (Å²) in [4.78, 5) is 23.7. The Morgan fingerprint density at radius 2 is 1.94 bits per heavy atom. The Labute approximate surface area is 100 Å². The third-order valence-corrected chi connectivity index (χ3v) is 3.92. The summed E-state index contributed by atoms with van der Waals surface area (Å²) in [6, 6.07) is -0.0844. The molecule has 92 valence electrons. The molecule has 2 unspecified atom stereocenters. The zero-order valence-electron chi connectivity index (χ0n) is 10.2. The van der Waals surface area contributed by atoms with Crippen LogP contribution < -0.4 is 0 Å². The summed E-state index contributed by atoms with van der Waals surface area (Å²) >= 11 is 1.27. The lowest BCUT2D eigenvalue weighted by Gasteiger charge is -2.36. The summed E-state index contributed by atoms with van der Waals surface area (Å²) in [5.41, 5.74) is -0.137. The quantitative estimate of drug-likeness (QED) is 0.771. The first-order valence-corrected chi connectivity index (χ1v) is 6.28. The SMILES string of the molecule is CC(=O)SC1CCN(C(=O)O)C1C(C)(C)C. The van der Waals surface area contributed by atoms with Gasteiger partial charge in [0.2, 0.25) is 0 Å². The highest BCUT2D eigenvalue weighted by molar-refractivity contribution is 8.14. The normalized spacial score (nSPS) is 25.9. The van der Waals surface area contributed by atoms with Crippen molar-refractivity contribution in [3.63, 3.8) is 0 Å². The van der Waals surface area contributed by atoms with Gasteiger partial charge < -0.3 is 10.0 Å². The van der Waals surface area contributed by atoms with Crippen molar-refractivity contribution >= 4 is 23.0 Å². The molecule has 0 bridgehead atoms.